The van der Waals surface area contributed by atoms with Crippen LogP contribution in [-0.2, 0) is 6.54 Å². The first-order chi connectivity index (χ1) is 11.6. The van der Waals surface area contributed by atoms with Gasteiger partial charge >= 0.3 is 0 Å². The van der Waals surface area contributed by atoms with Crippen molar-refractivity contribution in [2.75, 3.05) is 18.4 Å². The maximum atomic E-state index is 11.9. The molecule has 0 aliphatic rings. The third-order valence-corrected chi connectivity index (χ3v) is 4.97. The molecule has 1 aromatic carbocycles. The molecule has 0 unspecified atom stereocenters. The van der Waals surface area contributed by atoms with E-state index in [0.717, 1.165) is 46.6 Å². The highest BCUT2D eigenvalue weighted by Crippen LogP contribution is 2.19. The molecule has 5 nitrogen and oxygen atoms in total. The summed E-state index contributed by atoms with van der Waals surface area (Å²) in [6.07, 6.45) is 0.910. The number of benzene rings is 1. The molecule has 8 heteroatoms. The minimum atomic E-state index is -0.0952. The van der Waals surface area contributed by atoms with Gasteiger partial charge in [-0.2, -0.15) is 0 Å². The lowest BCUT2D eigenvalue weighted by Gasteiger charge is -2.08. The fourth-order valence-electron chi connectivity index (χ4n) is 2.32. The Labute approximate surface area is 156 Å². The summed E-state index contributed by atoms with van der Waals surface area (Å²) in [4.78, 5) is 19.0. The van der Waals surface area contributed by atoms with E-state index in [4.69, 9.17) is 11.6 Å². The van der Waals surface area contributed by atoms with Gasteiger partial charge < -0.3 is 10.6 Å². The SMILES string of the molecule is O=c1[nH]c(NCCCNCc2cc(Cl)cc(Br)c2)nc2ccsc12. The summed E-state index contributed by atoms with van der Waals surface area (Å²) in [6.45, 7) is 2.34. The van der Waals surface area contributed by atoms with Gasteiger partial charge in [-0.25, -0.2) is 4.98 Å². The molecular weight excluding hydrogens is 412 g/mol. The van der Waals surface area contributed by atoms with Gasteiger partial charge in [-0.1, -0.05) is 27.5 Å². The van der Waals surface area contributed by atoms with Crippen LogP contribution >= 0.6 is 38.9 Å². The fraction of sp³-hybridized carbons (Fsp3) is 0.250. The Morgan fingerprint density at radius 1 is 1.29 bits per heavy atom. The Kier molecular flexibility index (Phi) is 5.89. The molecule has 0 saturated heterocycles. The second-order valence-corrected chi connectivity index (χ2v) is 7.55. The van der Waals surface area contributed by atoms with Crippen molar-refractivity contribution >= 4 is 55.0 Å². The number of aromatic nitrogens is 2. The molecule has 0 spiro atoms. The highest BCUT2D eigenvalue weighted by molar-refractivity contribution is 9.10. The van der Waals surface area contributed by atoms with Crippen LogP contribution in [0.4, 0.5) is 5.95 Å². The summed E-state index contributed by atoms with van der Waals surface area (Å²) in [5.74, 6) is 0.518. The summed E-state index contributed by atoms with van der Waals surface area (Å²) < 4.78 is 1.64. The maximum Gasteiger partial charge on any atom is 0.270 e. The number of anilines is 1. The Morgan fingerprint density at radius 2 is 2.17 bits per heavy atom. The topological polar surface area (TPSA) is 69.8 Å². The second-order valence-electron chi connectivity index (χ2n) is 5.28. The molecule has 0 amide bonds. The molecule has 3 rings (SSSR count). The molecule has 2 heterocycles. The zero-order valence-corrected chi connectivity index (χ0v) is 15.9. The average Bonchev–Trinajstić information content (AvgIpc) is 2.99. The van der Waals surface area contributed by atoms with Gasteiger partial charge in [0.25, 0.3) is 5.56 Å². The van der Waals surface area contributed by atoms with Gasteiger partial charge in [0.1, 0.15) is 4.70 Å². The van der Waals surface area contributed by atoms with Crippen molar-refractivity contribution in [2.45, 2.75) is 13.0 Å². The van der Waals surface area contributed by atoms with Crippen molar-refractivity contribution in [2.24, 2.45) is 0 Å². The first-order valence-electron chi connectivity index (χ1n) is 7.49. The molecule has 0 saturated carbocycles. The van der Waals surface area contributed by atoms with Crippen LogP contribution in [0.1, 0.15) is 12.0 Å². The number of rotatable bonds is 7. The number of aromatic amines is 1. The number of hydrogen-bond donors (Lipinski definition) is 3. The lowest BCUT2D eigenvalue weighted by atomic mass is 10.2. The van der Waals surface area contributed by atoms with Crippen LogP contribution in [0.3, 0.4) is 0 Å². The molecule has 0 aliphatic heterocycles. The Hall–Kier alpha value is -1.41. The van der Waals surface area contributed by atoms with E-state index >= 15 is 0 Å². The van der Waals surface area contributed by atoms with E-state index in [0.29, 0.717) is 10.6 Å². The number of H-pyrrole nitrogens is 1. The van der Waals surface area contributed by atoms with Crippen molar-refractivity contribution < 1.29 is 0 Å². The molecule has 24 heavy (non-hydrogen) atoms. The largest absolute Gasteiger partial charge is 0.356 e. The van der Waals surface area contributed by atoms with E-state index in [-0.39, 0.29) is 5.56 Å². The molecule has 0 bridgehead atoms. The first-order valence-corrected chi connectivity index (χ1v) is 9.54. The number of halogens is 2. The van der Waals surface area contributed by atoms with E-state index in [2.05, 4.69) is 36.5 Å². The summed E-state index contributed by atoms with van der Waals surface area (Å²) in [7, 11) is 0. The van der Waals surface area contributed by atoms with Crippen LogP contribution in [0, 0.1) is 0 Å². The third-order valence-electron chi connectivity index (χ3n) is 3.39. The first kappa shape index (κ1) is 17.4. The lowest BCUT2D eigenvalue weighted by molar-refractivity contribution is 0.662. The maximum absolute atomic E-state index is 11.9. The van der Waals surface area contributed by atoms with Crippen LogP contribution in [-0.4, -0.2) is 23.1 Å². The molecule has 0 atom stereocenters. The van der Waals surface area contributed by atoms with Crippen molar-refractivity contribution in [3.05, 3.63) is 55.1 Å². The monoisotopic (exact) mass is 426 g/mol. The molecule has 3 aromatic rings. The number of hydrogen-bond acceptors (Lipinski definition) is 5. The quantitative estimate of drug-likeness (QED) is 0.499. The van der Waals surface area contributed by atoms with Crippen molar-refractivity contribution in [3.8, 4) is 0 Å². The minimum Gasteiger partial charge on any atom is -0.356 e. The van der Waals surface area contributed by atoms with E-state index < -0.39 is 0 Å². The van der Waals surface area contributed by atoms with Crippen LogP contribution in [0.5, 0.6) is 0 Å². The standard InChI is InChI=1S/C16H16BrClN4OS/c17-11-6-10(7-12(18)8-11)9-19-3-1-4-20-16-21-13-2-5-24-14(13)15(23)22-16/h2,5-8,19H,1,3-4,9H2,(H2,20,21,22,23). The average molecular weight is 428 g/mol. The smallest absolute Gasteiger partial charge is 0.270 e. The summed E-state index contributed by atoms with van der Waals surface area (Å²) >= 11 is 10.9. The fourth-order valence-corrected chi connectivity index (χ4v) is 3.98. The number of fused-ring (bicyclic) bond motifs is 1. The molecule has 0 radical (unpaired) electrons. The molecule has 126 valence electrons. The number of nitrogens with zero attached hydrogens (tertiary/aromatic N) is 1. The highest BCUT2D eigenvalue weighted by atomic mass is 79.9. The second kappa shape index (κ2) is 8.11. The van der Waals surface area contributed by atoms with Crippen LogP contribution in [0.15, 0.2) is 38.9 Å². The van der Waals surface area contributed by atoms with Crippen LogP contribution in [0.25, 0.3) is 10.2 Å². The predicted octanol–water partition coefficient (Wildman–Crippen LogP) is 3.99. The van der Waals surface area contributed by atoms with E-state index in [1.807, 2.05) is 29.6 Å². The van der Waals surface area contributed by atoms with Gasteiger partial charge in [-0.3, -0.25) is 9.78 Å². The molecule has 0 aliphatic carbocycles. The van der Waals surface area contributed by atoms with Crippen molar-refractivity contribution in [1.29, 1.82) is 0 Å². The van der Waals surface area contributed by atoms with Gasteiger partial charge in [-0.05, 0) is 48.2 Å². The summed E-state index contributed by atoms with van der Waals surface area (Å²) in [5, 5.41) is 9.12. The molecule has 2 aromatic heterocycles. The zero-order chi connectivity index (χ0) is 16.9. The predicted molar refractivity (Wildman–Crippen MR) is 104 cm³/mol. The van der Waals surface area contributed by atoms with E-state index in [1.54, 1.807) is 0 Å². The number of nitrogens with one attached hydrogen (secondary N) is 3. The Balaban J connectivity index is 1.42. The molecule has 3 N–H and O–H groups in total. The van der Waals surface area contributed by atoms with E-state index in [1.165, 1.54) is 11.3 Å². The minimum absolute atomic E-state index is 0.0952. The van der Waals surface area contributed by atoms with Crippen molar-refractivity contribution in [3.63, 3.8) is 0 Å². The Morgan fingerprint density at radius 3 is 3.00 bits per heavy atom. The summed E-state index contributed by atoms with van der Waals surface area (Å²) in [6, 6.07) is 7.71. The Bertz CT molecular complexity index is 875. The molecular formula is C16H16BrClN4OS. The van der Waals surface area contributed by atoms with Gasteiger partial charge in [-0.15, -0.1) is 11.3 Å². The number of thiophene rings is 1. The van der Waals surface area contributed by atoms with Gasteiger partial charge in [0.15, 0.2) is 0 Å². The van der Waals surface area contributed by atoms with Crippen LogP contribution in [0.2, 0.25) is 5.02 Å². The van der Waals surface area contributed by atoms with Gasteiger partial charge in [0.05, 0.1) is 5.52 Å². The lowest BCUT2D eigenvalue weighted by Crippen LogP contribution is -2.19. The van der Waals surface area contributed by atoms with Crippen molar-refractivity contribution in [1.82, 2.24) is 15.3 Å². The van der Waals surface area contributed by atoms with Crippen LogP contribution < -0.4 is 16.2 Å². The highest BCUT2D eigenvalue weighted by Gasteiger charge is 2.04. The normalized spacial score (nSPS) is 11.1. The third kappa shape index (κ3) is 4.57. The summed E-state index contributed by atoms with van der Waals surface area (Å²) in [5.41, 5.74) is 1.77. The van der Waals surface area contributed by atoms with E-state index in [9.17, 15) is 4.79 Å². The molecule has 0 fully saturated rings. The van der Waals surface area contributed by atoms with Gasteiger partial charge in [0, 0.05) is 22.6 Å². The van der Waals surface area contributed by atoms with Gasteiger partial charge in [0.2, 0.25) is 5.95 Å². The zero-order valence-electron chi connectivity index (χ0n) is 12.7.